The van der Waals surface area contributed by atoms with E-state index in [4.69, 9.17) is 17.3 Å². The van der Waals surface area contributed by atoms with Gasteiger partial charge in [-0.15, -0.1) is 0 Å². The molecule has 2 aromatic rings. The Morgan fingerprint density at radius 3 is 2.27 bits per heavy atom. The van der Waals surface area contributed by atoms with Gasteiger partial charge in [-0.2, -0.15) is 5.26 Å². The molecule has 2 saturated heterocycles. The van der Waals surface area contributed by atoms with Gasteiger partial charge in [-0.1, -0.05) is 106 Å². The maximum Gasteiger partial charge on any atom is 0.303 e. The van der Waals surface area contributed by atoms with E-state index >= 15 is 0 Å². The van der Waals surface area contributed by atoms with Crippen molar-refractivity contribution in [3.8, 4) is 6.07 Å². The zero-order valence-electron chi connectivity index (χ0n) is 28.5. The molecule has 0 radical (unpaired) electrons. The molecule has 0 saturated carbocycles. The van der Waals surface area contributed by atoms with Crippen molar-refractivity contribution >= 4 is 52.1 Å². The van der Waals surface area contributed by atoms with Crippen LogP contribution in [0.1, 0.15) is 113 Å². The number of carbonyl (C=O) groups is 2. The number of hydrogen-bond donors (Lipinski definition) is 1. The lowest BCUT2D eigenvalue weighted by atomic mass is 9.90. The number of amides is 1. The monoisotopic (exact) mass is 690 g/mol. The van der Waals surface area contributed by atoms with Crippen LogP contribution in [-0.4, -0.2) is 50.4 Å². The third kappa shape index (κ3) is 10.1. The molecule has 1 amide bonds. The number of hydrogen-bond acceptors (Lipinski definition) is 7. The lowest BCUT2D eigenvalue weighted by Crippen LogP contribution is -2.40. The first-order chi connectivity index (χ1) is 23.2. The Bertz CT molecular complexity index is 1550. The molecule has 48 heavy (non-hydrogen) atoms. The van der Waals surface area contributed by atoms with Gasteiger partial charge in [-0.25, -0.2) is 0 Å². The number of pyridine rings is 1. The Balaban J connectivity index is 1.48. The van der Waals surface area contributed by atoms with Crippen molar-refractivity contribution in [1.82, 2.24) is 9.47 Å². The van der Waals surface area contributed by atoms with Crippen molar-refractivity contribution in [3.63, 3.8) is 0 Å². The number of unbranched alkanes of at least 4 members (excludes halogenated alkanes) is 8. The van der Waals surface area contributed by atoms with Crippen LogP contribution in [0, 0.1) is 24.2 Å². The summed E-state index contributed by atoms with van der Waals surface area (Å²) >= 11 is 6.97. The van der Waals surface area contributed by atoms with Crippen LogP contribution in [-0.2, 0) is 22.6 Å². The van der Waals surface area contributed by atoms with Crippen molar-refractivity contribution in [2.75, 3.05) is 24.5 Å². The van der Waals surface area contributed by atoms with Crippen molar-refractivity contribution in [3.05, 3.63) is 67.8 Å². The molecule has 0 bridgehead atoms. The van der Waals surface area contributed by atoms with Gasteiger partial charge in [0.25, 0.3) is 11.5 Å². The second-order valence-electron chi connectivity index (χ2n) is 13.1. The quantitative estimate of drug-likeness (QED) is 0.0951. The van der Waals surface area contributed by atoms with Crippen LogP contribution < -0.4 is 10.5 Å². The Kier molecular flexibility index (Phi) is 14.8. The highest BCUT2D eigenvalue weighted by molar-refractivity contribution is 8.26. The van der Waals surface area contributed by atoms with Crippen molar-refractivity contribution < 1.29 is 14.7 Å². The molecule has 3 heterocycles. The van der Waals surface area contributed by atoms with E-state index in [1.807, 2.05) is 19.1 Å². The van der Waals surface area contributed by atoms with Gasteiger partial charge in [0, 0.05) is 38.2 Å². The number of anilines is 1. The summed E-state index contributed by atoms with van der Waals surface area (Å²) < 4.78 is 2.33. The van der Waals surface area contributed by atoms with Gasteiger partial charge in [-0.3, -0.25) is 23.9 Å². The first-order valence-electron chi connectivity index (χ1n) is 17.7. The summed E-state index contributed by atoms with van der Waals surface area (Å²) in [5.41, 5.74) is 2.61. The number of aliphatic carboxylic acids is 1. The molecule has 8 nitrogen and oxygen atoms in total. The smallest absolute Gasteiger partial charge is 0.303 e. The van der Waals surface area contributed by atoms with Crippen LogP contribution in [0.5, 0.6) is 0 Å². The number of nitrogens with zero attached hydrogens (tertiary/aromatic N) is 4. The number of aromatic nitrogens is 1. The van der Waals surface area contributed by atoms with E-state index in [0.717, 1.165) is 108 Å². The molecule has 258 valence electrons. The molecule has 1 aromatic carbocycles. The van der Waals surface area contributed by atoms with Gasteiger partial charge >= 0.3 is 5.97 Å². The molecule has 2 aliphatic heterocycles. The SMILES string of the molecule is CCCCn1c(N2CCC(Cc3ccccc3)CC2)c(C=C2SC(=S)N(CCCCCCCCCCC(=O)O)C2=O)c(C)c(C#N)c1=O. The number of benzene rings is 1. The van der Waals surface area contributed by atoms with Crippen LogP contribution in [0.4, 0.5) is 5.82 Å². The average molecular weight is 691 g/mol. The number of thioether (sulfide) groups is 1. The predicted octanol–water partition coefficient (Wildman–Crippen LogP) is 8.08. The molecule has 4 rings (SSSR count). The van der Waals surface area contributed by atoms with Gasteiger partial charge in [-0.05, 0) is 68.6 Å². The third-order valence-corrected chi connectivity index (χ3v) is 10.9. The molecular formula is C38H50N4O4S2. The average Bonchev–Trinajstić information content (AvgIpc) is 3.34. The normalized spacial score (nSPS) is 16.2. The summed E-state index contributed by atoms with van der Waals surface area (Å²) in [6.45, 7) is 6.62. The summed E-state index contributed by atoms with van der Waals surface area (Å²) in [6.07, 6.45) is 14.8. The van der Waals surface area contributed by atoms with E-state index in [-0.39, 0.29) is 23.5 Å². The molecular weight excluding hydrogens is 641 g/mol. The summed E-state index contributed by atoms with van der Waals surface area (Å²) in [5.74, 6) is 0.535. The fraction of sp³-hybridized carbons (Fsp3) is 0.553. The number of carbonyl (C=O) groups excluding carboxylic acids is 1. The topological polar surface area (TPSA) is 107 Å². The fourth-order valence-corrected chi connectivity index (χ4v) is 8.03. The number of nitriles is 1. The third-order valence-electron chi connectivity index (χ3n) is 9.53. The van der Waals surface area contributed by atoms with Crippen molar-refractivity contribution in [2.24, 2.45) is 5.92 Å². The first kappa shape index (κ1) is 37.4. The fourth-order valence-electron chi connectivity index (χ4n) is 6.74. The minimum atomic E-state index is -0.728. The zero-order valence-corrected chi connectivity index (χ0v) is 30.2. The Hall–Kier alpha value is -3.42. The van der Waals surface area contributed by atoms with Gasteiger partial charge in [0.05, 0.1) is 4.91 Å². The van der Waals surface area contributed by atoms with Crippen LogP contribution in [0.3, 0.4) is 0 Å². The second kappa shape index (κ2) is 18.9. The molecule has 1 N–H and O–H groups in total. The maximum absolute atomic E-state index is 13.7. The highest BCUT2D eigenvalue weighted by Gasteiger charge is 2.33. The van der Waals surface area contributed by atoms with Crippen LogP contribution in [0.2, 0.25) is 0 Å². The number of carboxylic acid groups (broad SMARTS) is 1. The Morgan fingerprint density at radius 1 is 1.00 bits per heavy atom. The molecule has 0 unspecified atom stereocenters. The van der Waals surface area contributed by atoms with Gasteiger partial charge in [0.1, 0.15) is 21.8 Å². The van der Waals surface area contributed by atoms with Gasteiger partial charge in [0.15, 0.2) is 0 Å². The molecule has 2 aliphatic rings. The summed E-state index contributed by atoms with van der Waals surface area (Å²) in [6, 6.07) is 12.8. The minimum absolute atomic E-state index is 0.111. The molecule has 2 fully saturated rings. The Labute approximate surface area is 295 Å². The molecule has 1 aromatic heterocycles. The molecule has 0 spiro atoms. The van der Waals surface area contributed by atoms with E-state index in [2.05, 4.69) is 42.2 Å². The highest BCUT2D eigenvalue weighted by atomic mass is 32.2. The van der Waals surface area contributed by atoms with E-state index in [1.54, 1.807) is 9.47 Å². The summed E-state index contributed by atoms with van der Waals surface area (Å²) in [4.78, 5) is 42.6. The van der Waals surface area contributed by atoms with Crippen LogP contribution in [0.25, 0.3) is 6.08 Å². The largest absolute Gasteiger partial charge is 0.481 e. The van der Waals surface area contributed by atoms with Crippen molar-refractivity contribution in [1.29, 1.82) is 5.26 Å². The van der Waals surface area contributed by atoms with E-state index < -0.39 is 5.97 Å². The maximum atomic E-state index is 13.7. The Morgan fingerprint density at radius 2 is 1.65 bits per heavy atom. The van der Waals surface area contributed by atoms with Crippen LogP contribution in [0.15, 0.2) is 40.0 Å². The highest BCUT2D eigenvalue weighted by Crippen LogP contribution is 2.37. The molecule has 10 heteroatoms. The first-order valence-corrected chi connectivity index (χ1v) is 18.9. The van der Waals surface area contributed by atoms with Gasteiger partial charge < -0.3 is 10.0 Å². The van der Waals surface area contributed by atoms with Crippen LogP contribution >= 0.6 is 24.0 Å². The molecule has 0 atom stereocenters. The van der Waals surface area contributed by atoms with Crippen molar-refractivity contribution in [2.45, 2.75) is 110 Å². The summed E-state index contributed by atoms with van der Waals surface area (Å²) in [7, 11) is 0. The number of rotatable bonds is 18. The van der Waals surface area contributed by atoms with E-state index in [9.17, 15) is 19.6 Å². The van der Waals surface area contributed by atoms with E-state index in [0.29, 0.717) is 33.8 Å². The molecule has 0 aliphatic carbocycles. The second-order valence-corrected chi connectivity index (χ2v) is 14.8. The van der Waals surface area contributed by atoms with Gasteiger partial charge in [0.2, 0.25) is 0 Å². The lowest BCUT2D eigenvalue weighted by Gasteiger charge is -2.36. The standard InChI is InChI=1S/C38H50N4O4S2/c1-3-4-21-41-35(40-23-19-30(20-24-40)25-29-16-12-11-13-17-29)31(28(2)32(27-39)36(41)45)26-33-37(46)42(38(47)48-33)22-15-10-8-6-5-7-9-14-18-34(43)44/h11-13,16-17,26,30H,3-10,14-15,18-25H2,1-2H3,(H,43,44). The minimum Gasteiger partial charge on any atom is -0.481 e. The predicted molar refractivity (Wildman–Crippen MR) is 199 cm³/mol. The number of piperidine rings is 1. The zero-order chi connectivity index (χ0) is 34.5. The summed E-state index contributed by atoms with van der Waals surface area (Å²) in [5, 5.41) is 18.8. The lowest BCUT2D eigenvalue weighted by molar-refractivity contribution is -0.137. The number of thiocarbonyl (C=S) groups is 1. The number of carboxylic acids is 1. The van der Waals surface area contributed by atoms with E-state index in [1.165, 1.54) is 17.3 Å².